The lowest BCUT2D eigenvalue weighted by Gasteiger charge is -2.18. The Hall–Kier alpha value is -1.16. The van der Waals surface area contributed by atoms with Gasteiger partial charge in [0.1, 0.15) is 0 Å². The van der Waals surface area contributed by atoms with E-state index in [4.69, 9.17) is 0 Å². The Balaban J connectivity index is 2.25. The molecule has 2 rings (SSSR count). The predicted molar refractivity (Wildman–Crippen MR) is 72.5 cm³/mol. The Morgan fingerprint density at radius 2 is 2.25 bits per heavy atom. The van der Waals surface area contributed by atoms with Crippen LogP contribution >= 0.6 is 12.6 Å². The molecule has 0 aliphatic heterocycles. The maximum atomic E-state index is 4.36. The summed E-state index contributed by atoms with van der Waals surface area (Å²) >= 11 is 4.23. The number of aryl methyl sites for hydroxylation is 1. The zero-order valence-electron chi connectivity index (χ0n) is 9.72. The summed E-state index contributed by atoms with van der Waals surface area (Å²) in [4.78, 5) is 6.60. The number of rotatable bonds is 4. The Bertz CT molecular complexity index is 478. The van der Waals surface area contributed by atoms with E-state index in [0.717, 1.165) is 24.2 Å². The third-order valence-electron chi connectivity index (χ3n) is 2.80. The molecule has 0 aliphatic carbocycles. The van der Waals surface area contributed by atoms with Gasteiger partial charge < -0.3 is 9.47 Å². The lowest BCUT2D eigenvalue weighted by Crippen LogP contribution is -2.18. The molecule has 1 aromatic carbocycles. The van der Waals surface area contributed by atoms with Gasteiger partial charge in [-0.05, 0) is 30.4 Å². The van der Waals surface area contributed by atoms with E-state index in [2.05, 4.69) is 47.8 Å². The topological polar surface area (TPSA) is 21.1 Å². The molecule has 0 fully saturated rings. The molecule has 0 saturated heterocycles. The molecule has 0 spiro atoms. The molecule has 0 unspecified atom stereocenters. The summed E-state index contributed by atoms with van der Waals surface area (Å²) in [6.45, 7) is 1.03. The van der Waals surface area contributed by atoms with Crippen molar-refractivity contribution in [3.05, 3.63) is 24.5 Å². The first-order valence-corrected chi connectivity index (χ1v) is 6.08. The lowest BCUT2D eigenvalue weighted by atomic mass is 10.2. The van der Waals surface area contributed by atoms with E-state index in [1.807, 2.05) is 17.9 Å². The van der Waals surface area contributed by atoms with Crippen molar-refractivity contribution in [2.75, 3.05) is 24.2 Å². The lowest BCUT2D eigenvalue weighted by molar-refractivity contribution is 0.861. The Labute approximate surface area is 101 Å². The van der Waals surface area contributed by atoms with Gasteiger partial charge in [0.25, 0.3) is 0 Å². The molecule has 1 heterocycles. The van der Waals surface area contributed by atoms with E-state index >= 15 is 0 Å². The minimum atomic E-state index is 0.927. The molecule has 0 N–H and O–H groups in total. The van der Waals surface area contributed by atoms with Crippen LogP contribution in [0.3, 0.4) is 0 Å². The van der Waals surface area contributed by atoms with Crippen molar-refractivity contribution < 1.29 is 0 Å². The van der Waals surface area contributed by atoms with E-state index in [-0.39, 0.29) is 0 Å². The number of imidazole rings is 1. The molecule has 2 aromatic rings. The van der Waals surface area contributed by atoms with Gasteiger partial charge >= 0.3 is 0 Å². The van der Waals surface area contributed by atoms with Gasteiger partial charge in [0.15, 0.2) is 0 Å². The van der Waals surface area contributed by atoms with Crippen LogP contribution in [0, 0.1) is 0 Å². The van der Waals surface area contributed by atoms with Crippen molar-refractivity contribution in [1.82, 2.24) is 9.55 Å². The van der Waals surface area contributed by atoms with Gasteiger partial charge in [0.2, 0.25) is 0 Å². The average Bonchev–Trinajstić information content (AvgIpc) is 2.67. The third-order valence-corrected chi connectivity index (χ3v) is 3.12. The number of hydrogen-bond acceptors (Lipinski definition) is 3. The minimum absolute atomic E-state index is 0.927. The molecule has 0 bridgehead atoms. The van der Waals surface area contributed by atoms with E-state index in [1.54, 1.807) is 0 Å². The van der Waals surface area contributed by atoms with Gasteiger partial charge in [-0.1, -0.05) is 0 Å². The quantitative estimate of drug-likeness (QED) is 0.821. The zero-order chi connectivity index (χ0) is 11.5. The molecule has 4 heteroatoms. The maximum absolute atomic E-state index is 4.36. The number of benzene rings is 1. The second kappa shape index (κ2) is 4.78. The molecule has 1 aromatic heterocycles. The fourth-order valence-corrected chi connectivity index (χ4v) is 1.94. The highest BCUT2D eigenvalue weighted by atomic mass is 32.1. The number of thiol groups is 1. The number of aromatic nitrogens is 2. The smallest absolute Gasteiger partial charge is 0.0955 e. The van der Waals surface area contributed by atoms with Crippen molar-refractivity contribution in [3.63, 3.8) is 0 Å². The number of hydrogen-bond donors (Lipinski definition) is 1. The fraction of sp³-hybridized carbons (Fsp3) is 0.417. The molecule has 0 amide bonds. The van der Waals surface area contributed by atoms with Gasteiger partial charge in [-0.2, -0.15) is 12.6 Å². The highest BCUT2D eigenvalue weighted by Gasteiger charge is 2.04. The second-order valence-electron chi connectivity index (χ2n) is 4.03. The third kappa shape index (κ3) is 2.16. The van der Waals surface area contributed by atoms with E-state index in [1.165, 1.54) is 11.2 Å². The standard InChI is InChI=1S/C12H17N3S/c1-14(6-3-7-16)10-4-5-12-11(8-10)13-9-15(12)2/h4-5,8-9,16H,3,6-7H2,1-2H3. The fourth-order valence-electron chi connectivity index (χ4n) is 1.80. The van der Waals surface area contributed by atoms with E-state index in [9.17, 15) is 0 Å². The zero-order valence-corrected chi connectivity index (χ0v) is 10.6. The maximum Gasteiger partial charge on any atom is 0.0955 e. The van der Waals surface area contributed by atoms with Gasteiger partial charge in [-0.25, -0.2) is 4.98 Å². The van der Waals surface area contributed by atoms with Crippen LogP contribution in [0.4, 0.5) is 5.69 Å². The first-order chi connectivity index (χ1) is 7.72. The van der Waals surface area contributed by atoms with Crippen LogP contribution in [0.2, 0.25) is 0 Å². The first kappa shape index (κ1) is 11.3. The average molecular weight is 235 g/mol. The van der Waals surface area contributed by atoms with Crippen LogP contribution in [0.25, 0.3) is 11.0 Å². The Morgan fingerprint density at radius 3 is 3.00 bits per heavy atom. The van der Waals surface area contributed by atoms with Crippen LogP contribution < -0.4 is 4.90 Å². The van der Waals surface area contributed by atoms with Crippen molar-refractivity contribution in [2.45, 2.75) is 6.42 Å². The van der Waals surface area contributed by atoms with Gasteiger partial charge in [-0.3, -0.25) is 0 Å². The minimum Gasteiger partial charge on any atom is -0.375 e. The summed E-state index contributed by atoms with van der Waals surface area (Å²) in [5.41, 5.74) is 3.44. The predicted octanol–water partition coefficient (Wildman–Crippen LogP) is 2.33. The molecule has 16 heavy (non-hydrogen) atoms. The number of fused-ring (bicyclic) bond motifs is 1. The molecular formula is C12H17N3S. The van der Waals surface area contributed by atoms with E-state index in [0.29, 0.717) is 0 Å². The summed E-state index contributed by atoms with van der Waals surface area (Å²) in [5, 5.41) is 0. The van der Waals surface area contributed by atoms with Gasteiger partial charge in [0, 0.05) is 26.3 Å². The monoisotopic (exact) mass is 235 g/mol. The van der Waals surface area contributed by atoms with Gasteiger partial charge in [-0.15, -0.1) is 0 Å². The van der Waals surface area contributed by atoms with Crippen molar-refractivity contribution in [3.8, 4) is 0 Å². The Kier molecular flexibility index (Phi) is 3.39. The molecule has 3 nitrogen and oxygen atoms in total. The summed E-state index contributed by atoms with van der Waals surface area (Å²) < 4.78 is 2.03. The second-order valence-corrected chi connectivity index (χ2v) is 4.47. The SMILES string of the molecule is CN(CCCS)c1ccc2c(c1)ncn2C. The van der Waals surface area contributed by atoms with Crippen LogP contribution in [-0.4, -0.2) is 28.9 Å². The van der Waals surface area contributed by atoms with Crippen LogP contribution in [-0.2, 0) is 7.05 Å². The van der Waals surface area contributed by atoms with Crippen molar-refractivity contribution >= 4 is 29.3 Å². The Morgan fingerprint density at radius 1 is 1.44 bits per heavy atom. The molecule has 0 saturated carbocycles. The van der Waals surface area contributed by atoms with Crippen molar-refractivity contribution in [1.29, 1.82) is 0 Å². The van der Waals surface area contributed by atoms with Crippen LogP contribution in [0.15, 0.2) is 24.5 Å². The molecule has 0 atom stereocenters. The summed E-state index contributed by atoms with van der Waals surface area (Å²) in [6, 6.07) is 6.39. The van der Waals surface area contributed by atoms with Crippen LogP contribution in [0.5, 0.6) is 0 Å². The van der Waals surface area contributed by atoms with Gasteiger partial charge in [0.05, 0.1) is 17.4 Å². The summed E-state index contributed by atoms with van der Waals surface area (Å²) in [6.07, 6.45) is 2.95. The van der Waals surface area contributed by atoms with E-state index < -0.39 is 0 Å². The summed E-state index contributed by atoms with van der Waals surface area (Å²) in [5.74, 6) is 0.927. The van der Waals surface area contributed by atoms with Crippen molar-refractivity contribution in [2.24, 2.45) is 7.05 Å². The molecule has 0 radical (unpaired) electrons. The van der Waals surface area contributed by atoms with Crippen LogP contribution in [0.1, 0.15) is 6.42 Å². The first-order valence-electron chi connectivity index (χ1n) is 5.45. The largest absolute Gasteiger partial charge is 0.375 e. The molecule has 86 valence electrons. The number of anilines is 1. The highest BCUT2D eigenvalue weighted by molar-refractivity contribution is 7.80. The number of nitrogens with zero attached hydrogens (tertiary/aromatic N) is 3. The normalized spacial score (nSPS) is 10.9. The molecular weight excluding hydrogens is 218 g/mol. The molecule has 0 aliphatic rings. The summed E-state index contributed by atoms with van der Waals surface area (Å²) in [7, 11) is 4.12. The highest BCUT2D eigenvalue weighted by Crippen LogP contribution is 2.20.